The molecule has 3 heteroatoms. The molecule has 2 N–H and O–H groups in total. The molecule has 16 heavy (non-hydrogen) atoms. The third-order valence-corrected chi connectivity index (χ3v) is 2.40. The number of rotatable bonds is 3. The van der Waals surface area contributed by atoms with Crippen molar-refractivity contribution >= 4 is 0 Å². The van der Waals surface area contributed by atoms with Gasteiger partial charge in [0.15, 0.2) is 0 Å². The van der Waals surface area contributed by atoms with E-state index in [4.69, 9.17) is 10.5 Å². The van der Waals surface area contributed by atoms with Crippen molar-refractivity contribution in [3.05, 3.63) is 24.0 Å². The second-order valence-electron chi connectivity index (χ2n) is 5.46. The molecule has 0 bridgehead atoms. The van der Waals surface area contributed by atoms with Crippen LogP contribution in [0.25, 0.3) is 0 Å². The predicted octanol–water partition coefficient (Wildman–Crippen LogP) is 2.91. The summed E-state index contributed by atoms with van der Waals surface area (Å²) >= 11 is 0. The third-order valence-electron chi connectivity index (χ3n) is 2.40. The summed E-state index contributed by atoms with van der Waals surface area (Å²) in [6.07, 6.45) is 3.69. The molecule has 1 heterocycles. The van der Waals surface area contributed by atoms with Crippen LogP contribution < -0.4 is 10.5 Å². The first-order valence-corrected chi connectivity index (χ1v) is 5.68. The number of hydrogen-bond acceptors (Lipinski definition) is 3. The fourth-order valence-electron chi connectivity index (χ4n) is 1.44. The van der Waals surface area contributed by atoms with Gasteiger partial charge < -0.3 is 10.5 Å². The summed E-state index contributed by atoms with van der Waals surface area (Å²) < 4.78 is 5.60. The van der Waals surface area contributed by atoms with Crippen LogP contribution in [0.2, 0.25) is 0 Å². The zero-order valence-corrected chi connectivity index (χ0v) is 10.8. The van der Waals surface area contributed by atoms with Crippen molar-refractivity contribution in [2.45, 2.75) is 46.8 Å². The lowest BCUT2D eigenvalue weighted by Crippen LogP contribution is -2.26. The Kier molecular flexibility index (Phi) is 3.92. The highest BCUT2D eigenvalue weighted by atomic mass is 16.5. The van der Waals surface area contributed by atoms with E-state index in [0.29, 0.717) is 0 Å². The van der Waals surface area contributed by atoms with Gasteiger partial charge in [0.25, 0.3) is 0 Å². The van der Waals surface area contributed by atoms with E-state index >= 15 is 0 Å². The number of hydrogen-bond donors (Lipinski definition) is 1. The normalized spacial score (nSPS) is 13.9. The van der Waals surface area contributed by atoms with Gasteiger partial charge in [-0.3, -0.25) is 4.98 Å². The highest BCUT2D eigenvalue weighted by Crippen LogP contribution is 2.31. The second kappa shape index (κ2) is 4.83. The molecule has 0 fully saturated rings. The highest BCUT2D eigenvalue weighted by Gasteiger charge is 2.22. The number of aromatic nitrogens is 1. The van der Waals surface area contributed by atoms with E-state index < -0.39 is 0 Å². The zero-order valence-electron chi connectivity index (χ0n) is 10.8. The lowest BCUT2D eigenvalue weighted by Gasteiger charge is -2.27. The molecule has 0 saturated heterocycles. The van der Waals surface area contributed by atoms with Gasteiger partial charge in [0.2, 0.25) is 0 Å². The van der Waals surface area contributed by atoms with E-state index in [-0.39, 0.29) is 17.6 Å². The van der Waals surface area contributed by atoms with Gasteiger partial charge in [-0.1, -0.05) is 20.8 Å². The van der Waals surface area contributed by atoms with E-state index in [0.717, 1.165) is 11.3 Å². The van der Waals surface area contributed by atoms with Crippen LogP contribution in [-0.4, -0.2) is 11.1 Å². The highest BCUT2D eigenvalue weighted by molar-refractivity contribution is 5.27. The third kappa shape index (κ3) is 3.49. The summed E-state index contributed by atoms with van der Waals surface area (Å²) in [5.41, 5.74) is 7.22. The molecule has 1 unspecified atom stereocenters. The van der Waals surface area contributed by atoms with Crippen molar-refractivity contribution in [3.63, 3.8) is 0 Å². The summed E-state index contributed by atoms with van der Waals surface area (Å²) in [6, 6.07) is 1.94. The maximum atomic E-state index is 6.18. The Morgan fingerprint density at radius 2 is 1.88 bits per heavy atom. The van der Waals surface area contributed by atoms with Crippen molar-refractivity contribution in [1.82, 2.24) is 4.98 Å². The monoisotopic (exact) mass is 222 g/mol. The Balaban J connectivity index is 2.90. The average molecular weight is 222 g/mol. The Morgan fingerprint density at radius 1 is 1.25 bits per heavy atom. The minimum absolute atomic E-state index is 0.0259. The molecule has 1 aromatic heterocycles. The lowest BCUT2D eigenvalue weighted by molar-refractivity contribution is 0.240. The second-order valence-corrected chi connectivity index (χ2v) is 5.46. The van der Waals surface area contributed by atoms with Gasteiger partial charge in [0.05, 0.1) is 12.3 Å². The van der Waals surface area contributed by atoms with E-state index in [1.54, 1.807) is 6.20 Å². The zero-order chi connectivity index (χ0) is 12.3. The summed E-state index contributed by atoms with van der Waals surface area (Å²) in [5.74, 6) is 0.784. The van der Waals surface area contributed by atoms with Crippen LogP contribution in [0.3, 0.4) is 0 Å². The van der Waals surface area contributed by atoms with Gasteiger partial charge in [0.1, 0.15) is 5.75 Å². The van der Waals surface area contributed by atoms with Gasteiger partial charge in [-0.15, -0.1) is 0 Å². The molecule has 0 saturated carbocycles. The van der Waals surface area contributed by atoms with Crippen LogP contribution in [0, 0.1) is 5.41 Å². The smallest absolute Gasteiger partial charge is 0.138 e. The topological polar surface area (TPSA) is 48.1 Å². The SMILES string of the molecule is CC(C)Oc1cncc(C(N)C(C)(C)C)c1. The maximum Gasteiger partial charge on any atom is 0.138 e. The summed E-state index contributed by atoms with van der Waals surface area (Å²) in [6.45, 7) is 10.3. The Labute approximate surface area is 98.0 Å². The van der Waals surface area contributed by atoms with Gasteiger partial charge >= 0.3 is 0 Å². The fourth-order valence-corrected chi connectivity index (χ4v) is 1.44. The lowest BCUT2D eigenvalue weighted by atomic mass is 9.84. The number of nitrogens with two attached hydrogens (primary N) is 1. The van der Waals surface area contributed by atoms with E-state index in [9.17, 15) is 0 Å². The molecular formula is C13H22N2O. The Morgan fingerprint density at radius 3 is 2.38 bits per heavy atom. The molecule has 90 valence electrons. The average Bonchev–Trinajstić information content (AvgIpc) is 2.14. The van der Waals surface area contributed by atoms with Gasteiger partial charge in [-0.25, -0.2) is 0 Å². The Hall–Kier alpha value is -1.09. The molecule has 1 atom stereocenters. The summed E-state index contributed by atoms with van der Waals surface area (Å²) in [4.78, 5) is 4.17. The molecule has 0 aliphatic rings. The van der Waals surface area contributed by atoms with Crippen LogP contribution in [0.5, 0.6) is 5.75 Å². The molecule has 3 nitrogen and oxygen atoms in total. The minimum atomic E-state index is -0.0317. The first kappa shape index (κ1) is 13.0. The van der Waals surface area contributed by atoms with Crippen LogP contribution in [0.15, 0.2) is 18.5 Å². The van der Waals surface area contributed by atoms with Crippen LogP contribution in [-0.2, 0) is 0 Å². The van der Waals surface area contributed by atoms with Crippen molar-refractivity contribution in [2.75, 3.05) is 0 Å². The molecule has 0 aliphatic heterocycles. The van der Waals surface area contributed by atoms with Crippen molar-refractivity contribution in [1.29, 1.82) is 0 Å². The van der Waals surface area contributed by atoms with Crippen molar-refractivity contribution in [3.8, 4) is 5.75 Å². The molecule has 1 rings (SSSR count). The predicted molar refractivity (Wildman–Crippen MR) is 66.4 cm³/mol. The van der Waals surface area contributed by atoms with E-state index in [1.807, 2.05) is 26.1 Å². The summed E-state index contributed by atoms with van der Waals surface area (Å²) in [7, 11) is 0. The fraction of sp³-hybridized carbons (Fsp3) is 0.615. The largest absolute Gasteiger partial charge is 0.489 e. The van der Waals surface area contributed by atoms with Crippen molar-refractivity contribution in [2.24, 2.45) is 11.1 Å². The minimum Gasteiger partial charge on any atom is -0.489 e. The molecule has 0 aliphatic carbocycles. The first-order chi connectivity index (χ1) is 7.30. The number of nitrogens with zero attached hydrogens (tertiary/aromatic N) is 1. The Bertz CT molecular complexity index is 342. The quantitative estimate of drug-likeness (QED) is 0.855. The number of ether oxygens (including phenoxy) is 1. The van der Waals surface area contributed by atoms with Crippen LogP contribution in [0.1, 0.15) is 46.2 Å². The van der Waals surface area contributed by atoms with E-state index in [2.05, 4.69) is 25.8 Å². The van der Waals surface area contributed by atoms with E-state index in [1.165, 1.54) is 0 Å². The maximum absolute atomic E-state index is 6.18. The van der Waals surface area contributed by atoms with Gasteiger partial charge in [-0.2, -0.15) is 0 Å². The van der Waals surface area contributed by atoms with Gasteiger partial charge in [0, 0.05) is 12.2 Å². The first-order valence-electron chi connectivity index (χ1n) is 5.68. The molecule has 0 spiro atoms. The standard InChI is InChI=1S/C13H22N2O/c1-9(2)16-11-6-10(7-15-8-11)12(14)13(3,4)5/h6-9,12H,14H2,1-5H3. The number of pyridine rings is 1. The molecule has 0 radical (unpaired) electrons. The van der Waals surface area contributed by atoms with Gasteiger partial charge in [-0.05, 0) is 30.9 Å². The van der Waals surface area contributed by atoms with Crippen LogP contribution in [0.4, 0.5) is 0 Å². The molecular weight excluding hydrogens is 200 g/mol. The van der Waals surface area contributed by atoms with Crippen molar-refractivity contribution < 1.29 is 4.74 Å². The molecule has 0 amide bonds. The van der Waals surface area contributed by atoms with Crippen LogP contribution >= 0.6 is 0 Å². The molecule has 1 aromatic rings. The summed E-state index contributed by atoms with van der Waals surface area (Å²) in [5, 5.41) is 0. The molecule has 0 aromatic carbocycles.